The van der Waals surface area contributed by atoms with Crippen LogP contribution in [0.1, 0.15) is 12.5 Å². The first kappa shape index (κ1) is 11.0. The number of halogens is 1. The molecule has 2 aromatic carbocycles. The highest BCUT2D eigenvalue weighted by molar-refractivity contribution is 6.32. The third kappa shape index (κ3) is 2.37. The van der Waals surface area contributed by atoms with Crippen molar-refractivity contribution < 1.29 is 4.74 Å². The molecule has 0 saturated heterocycles. The van der Waals surface area contributed by atoms with Crippen LogP contribution in [0, 0.1) is 0 Å². The Bertz CT molecular complexity index is 480. The monoisotopic (exact) mass is 232 g/mol. The normalized spacial score (nSPS) is 10.1. The van der Waals surface area contributed by atoms with Gasteiger partial charge in [-0.1, -0.05) is 48.9 Å². The Balaban J connectivity index is 2.30. The lowest BCUT2D eigenvalue weighted by Gasteiger charge is -2.10. The SMILES string of the molecule is CCc1ccccc1Oc1ccccc1Cl. The van der Waals surface area contributed by atoms with E-state index in [4.69, 9.17) is 16.3 Å². The summed E-state index contributed by atoms with van der Waals surface area (Å²) in [7, 11) is 0. The number of hydrogen-bond acceptors (Lipinski definition) is 1. The Labute approximate surface area is 101 Å². The summed E-state index contributed by atoms with van der Waals surface area (Å²) in [5.41, 5.74) is 1.18. The minimum atomic E-state index is 0.633. The minimum absolute atomic E-state index is 0.633. The van der Waals surface area contributed by atoms with E-state index in [0.29, 0.717) is 10.8 Å². The van der Waals surface area contributed by atoms with Gasteiger partial charge in [-0.2, -0.15) is 0 Å². The molecule has 0 aliphatic heterocycles. The fourth-order valence-electron chi connectivity index (χ4n) is 1.54. The van der Waals surface area contributed by atoms with Crippen LogP contribution in [0.15, 0.2) is 48.5 Å². The number of para-hydroxylation sites is 2. The molecular weight excluding hydrogens is 220 g/mol. The molecule has 0 aromatic heterocycles. The number of ether oxygens (including phenoxy) is 1. The molecule has 82 valence electrons. The van der Waals surface area contributed by atoms with Crippen LogP contribution >= 0.6 is 11.6 Å². The highest BCUT2D eigenvalue weighted by atomic mass is 35.5. The van der Waals surface area contributed by atoms with E-state index in [-0.39, 0.29) is 0 Å². The van der Waals surface area contributed by atoms with E-state index < -0.39 is 0 Å². The molecule has 2 aromatic rings. The summed E-state index contributed by atoms with van der Waals surface area (Å²) in [4.78, 5) is 0. The van der Waals surface area contributed by atoms with Gasteiger partial charge in [0.2, 0.25) is 0 Å². The summed E-state index contributed by atoms with van der Waals surface area (Å²) < 4.78 is 5.80. The Morgan fingerprint density at radius 3 is 2.25 bits per heavy atom. The standard InChI is InChI=1S/C14H13ClO/c1-2-11-7-3-5-9-13(11)16-14-10-6-4-8-12(14)15/h3-10H,2H2,1H3. The van der Waals surface area contributed by atoms with E-state index in [0.717, 1.165) is 12.2 Å². The smallest absolute Gasteiger partial charge is 0.146 e. The Kier molecular flexibility index (Phi) is 3.47. The Hall–Kier alpha value is -1.47. The zero-order valence-electron chi connectivity index (χ0n) is 9.11. The van der Waals surface area contributed by atoms with Gasteiger partial charge < -0.3 is 4.74 Å². The highest BCUT2D eigenvalue weighted by Crippen LogP contribution is 2.30. The minimum Gasteiger partial charge on any atom is -0.456 e. The van der Waals surface area contributed by atoms with Crippen LogP contribution in [0.5, 0.6) is 11.5 Å². The van der Waals surface area contributed by atoms with Gasteiger partial charge in [0.1, 0.15) is 11.5 Å². The number of aryl methyl sites for hydroxylation is 1. The number of benzene rings is 2. The predicted octanol–water partition coefficient (Wildman–Crippen LogP) is 4.69. The van der Waals surface area contributed by atoms with Gasteiger partial charge in [0, 0.05) is 0 Å². The van der Waals surface area contributed by atoms with Crippen LogP contribution in [0.2, 0.25) is 5.02 Å². The van der Waals surface area contributed by atoms with Gasteiger partial charge in [0.05, 0.1) is 5.02 Å². The van der Waals surface area contributed by atoms with Crippen LogP contribution < -0.4 is 4.74 Å². The molecule has 2 heteroatoms. The average Bonchev–Trinajstić information content (AvgIpc) is 2.33. The van der Waals surface area contributed by atoms with E-state index >= 15 is 0 Å². The lowest BCUT2D eigenvalue weighted by Crippen LogP contribution is -1.90. The third-order valence-corrected chi connectivity index (χ3v) is 2.72. The molecule has 0 bridgehead atoms. The average molecular weight is 233 g/mol. The molecule has 0 fully saturated rings. The van der Waals surface area contributed by atoms with Crippen LogP contribution in [-0.2, 0) is 6.42 Å². The number of rotatable bonds is 3. The van der Waals surface area contributed by atoms with Crippen LogP contribution in [0.4, 0.5) is 0 Å². The fourth-order valence-corrected chi connectivity index (χ4v) is 1.72. The van der Waals surface area contributed by atoms with Gasteiger partial charge in [0.15, 0.2) is 0 Å². The predicted molar refractivity (Wildman–Crippen MR) is 67.3 cm³/mol. The first-order valence-corrected chi connectivity index (χ1v) is 5.69. The maximum absolute atomic E-state index is 6.04. The quantitative estimate of drug-likeness (QED) is 0.746. The van der Waals surface area contributed by atoms with E-state index in [1.165, 1.54) is 5.56 Å². The zero-order valence-corrected chi connectivity index (χ0v) is 9.87. The summed E-state index contributed by atoms with van der Waals surface area (Å²) in [5, 5.41) is 0.633. The van der Waals surface area contributed by atoms with Crippen LogP contribution in [0.25, 0.3) is 0 Å². The van der Waals surface area contributed by atoms with Crippen molar-refractivity contribution in [2.75, 3.05) is 0 Å². The summed E-state index contributed by atoms with van der Waals surface area (Å²) in [6.45, 7) is 2.11. The van der Waals surface area contributed by atoms with Gasteiger partial charge in [-0.25, -0.2) is 0 Å². The largest absolute Gasteiger partial charge is 0.456 e. The molecule has 0 aliphatic rings. The molecule has 0 N–H and O–H groups in total. The summed E-state index contributed by atoms with van der Waals surface area (Å²) in [6.07, 6.45) is 0.945. The topological polar surface area (TPSA) is 9.23 Å². The molecule has 0 heterocycles. The van der Waals surface area contributed by atoms with E-state index in [1.807, 2.05) is 42.5 Å². The Morgan fingerprint density at radius 2 is 1.56 bits per heavy atom. The second-order valence-electron chi connectivity index (χ2n) is 3.49. The molecule has 1 nitrogen and oxygen atoms in total. The molecule has 0 amide bonds. The van der Waals surface area contributed by atoms with Gasteiger partial charge in [-0.15, -0.1) is 0 Å². The number of hydrogen-bond donors (Lipinski definition) is 0. The fraction of sp³-hybridized carbons (Fsp3) is 0.143. The second kappa shape index (κ2) is 5.04. The van der Waals surface area contributed by atoms with Crippen molar-refractivity contribution in [1.82, 2.24) is 0 Å². The molecule has 0 aliphatic carbocycles. The molecule has 16 heavy (non-hydrogen) atoms. The summed E-state index contributed by atoms with van der Waals surface area (Å²) in [5.74, 6) is 1.57. The lowest BCUT2D eigenvalue weighted by molar-refractivity contribution is 0.477. The molecular formula is C14H13ClO. The first-order chi connectivity index (χ1) is 7.81. The van der Waals surface area contributed by atoms with Crippen molar-refractivity contribution in [3.05, 3.63) is 59.1 Å². The van der Waals surface area contributed by atoms with E-state index in [1.54, 1.807) is 0 Å². The van der Waals surface area contributed by atoms with Crippen molar-refractivity contribution >= 4 is 11.6 Å². The van der Waals surface area contributed by atoms with E-state index in [2.05, 4.69) is 13.0 Å². The van der Waals surface area contributed by atoms with Gasteiger partial charge in [-0.05, 0) is 30.2 Å². The third-order valence-electron chi connectivity index (χ3n) is 2.41. The van der Waals surface area contributed by atoms with Crippen molar-refractivity contribution in [2.24, 2.45) is 0 Å². The molecule has 0 atom stereocenters. The maximum atomic E-state index is 6.04. The highest BCUT2D eigenvalue weighted by Gasteiger charge is 2.04. The first-order valence-electron chi connectivity index (χ1n) is 5.31. The van der Waals surface area contributed by atoms with Gasteiger partial charge in [-0.3, -0.25) is 0 Å². The van der Waals surface area contributed by atoms with Crippen molar-refractivity contribution in [3.8, 4) is 11.5 Å². The molecule has 0 saturated carbocycles. The molecule has 0 unspecified atom stereocenters. The van der Waals surface area contributed by atoms with Crippen molar-refractivity contribution in [1.29, 1.82) is 0 Å². The van der Waals surface area contributed by atoms with Gasteiger partial charge in [0.25, 0.3) is 0 Å². The Morgan fingerprint density at radius 1 is 0.938 bits per heavy atom. The maximum Gasteiger partial charge on any atom is 0.146 e. The lowest BCUT2D eigenvalue weighted by atomic mass is 10.1. The van der Waals surface area contributed by atoms with E-state index in [9.17, 15) is 0 Å². The van der Waals surface area contributed by atoms with Crippen molar-refractivity contribution in [2.45, 2.75) is 13.3 Å². The summed E-state index contributed by atoms with van der Waals surface area (Å²) >= 11 is 6.04. The second-order valence-corrected chi connectivity index (χ2v) is 3.90. The molecule has 0 radical (unpaired) electrons. The van der Waals surface area contributed by atoms with Crippen LogP contribution in [-0.4, -0.2) is 0 Å². The zero-order chi connectivity index (χ0) is 11.4. The molecule has 0 spiro atoms. The van der Waals surface area contributed by atoms with Crippen molar-refractivity contribution in [3.63, 3.8) is 0 Å². The van der Waals surface area contributed by atoms with Gasteiger partial charge >= 0.3 is 0 Å². The summed E-state index contributed by atoms with van der Waals surface area (Å²) in [6, 6.07) is 15.5. The molecule has 2 rings (SSSR count). The van der Waals surface area contributed by atoms with Crippen LogP contribution in [0.3, 0.4) is 0 Å².